The highest BCUT2D eigenvalue weighted by molar-refractivity contribution is 6.38. The molecule has 2 heterocycles. The van der Waals surface area contributed by atoms with E-state index in [1.165, 1.54) is 6.08 Å². The lowest BCUT2D eigenvalue weighted by molar-refractivity contribution is 0.0998. The quantitative estimate of drug-likeness (QED) is 0.936. The predicted octanol–water partition coefficient (Wildman–Crippen LogP) is 1.98. The van der Waals surface area contributed by atoms with Crippen LogP contribution in [0.4, 0.5) is 0 Å². The third-order valence-electron chi connectivity index (χ3n) is 3.76. The summed E-state index contributed by atoms with van der Waals surface area (Å²) in [5.41, 5.74) is 2.87. The molecule has 2 aromatic rings. The molecule has 0 bridgehead atoms. The molecule has 1 aliphatic rings. The van der Waals surface area contributed by atoms with E-state index in [0.717, 1.165) is 18.5 Å². The Kier molecular flexibility index (Phi) is 3.73. The first-order valence-electron chi connectivity index (χ1n) is 7.14. The largest absolute Gasteiger partial charge is 0.358 e. The van der Waals surface area contributed by atoms with Crippen LogP contribution in [0.5, 0.6) is 0 Å². The monoisotopic (exact) mass is 295 g/mol. The number of nitrogens with one attached hydrogen (secondary N) is 1. The van der Waals surface area contributed by atoms with Gasteiger partial charge in [0.15, 0.2) is 5.78 Å². The molecular weight excluding hydrogens is 278 g/mol. The van der Waals surface area contributed by atoms with E-state index >= 15 is 0 Å². The number of hydrogen-bond donors (Lipinski definition) is 1. The number of aromatic nitrogens is 2. The van der Waals surface area contributed by atoms with Gasteiger partial charge < -0.3 is 9.88 Å². The van der Waals surface area contributed by atoms with E-state index in [1.54, 1.807) is 30.7 Å². The number of Topliss-reactive ketones (excluding diaryl/α,β-unsaturated/α-hetero) is 1. The summed E-state index contributed by atoms with van der Waals surface area (Å²) >= 11 is 0. The Labute approximate surface area is 128 Å². The van der Waals surface area contributed by atoms with E-state index in [-0.39, 0.29) is 11.6 Å². The van der Waals surface area contributed by atoms with Crippen molar-refractivity contribution >= 4 is 17.1 Å². The van der Waals surface area contributed by atoms with Crippen LogP contribution in [-0.4, -0.2) is 47.1 Å². The van der Waals surface area contributed by atoms with E-state index < -0.39 is 0 Å². The number of allylic oxidation sites excluding steroid dienone is 2. The number of carbonyl (C=O) groups is 2. The Morgan fingerprint density at radius 2 is 2.09 bits per heavy atom. The van der Waals surface area contributed by atoms with Crippen LogP contribution in [0.3, 0.4) is 0 Å². The zero-order valence-electron chi connectivity index (χ0n) is 12.6. The smallest absolute Gasteiger partial charge is 0.203 e. The maximum atomic E-state index is 12.8. The van der Waals surface area contributed by atoms with Gasteiger partial charge in [0.25, 0.3) is 0 Å². The molecule has 1 N–H and O–H groups in total. The van der Waals surface area contributed by atoms with Crippen LogP contribution < -0.4 is 0 Å². The Balaban J connectivity index is 2.00. The van der Waals surface area contributed by atoms with Gasteiger partial charge in [-0.25, -0.2) is 0 Å². The average Bonchev–Trinajstić information content (AvgIpc) is 2.94. The van der Waals surface area contributed by atoms with Gasteiger partial charge in [0.05, 0.1) is 11.3 Å². The summed E-state index contributed by atoms with van der Waals surface area (Å²) in [6.45, 7) is 0.817. The van der Waals surface area contributed by atoms with Crippen molar-refractivity contribution in [1.29, 1.82) is 0 Å². The zero-order chi connectivity index (χ0) is 15.7. The van der Waals surface area contributed by atoms with Gasteiger partial charge in [0.1, 0.15) is 0 Å². The molecule has 0 saturated heterocycles. The number of fused-ring (bicyclic) bond motifs is 1. The van der Waals surface area contributed by atoms with E-state index in [0.29, 0.717) is 22.4 Å². The summed E-state index contributed by atoms with van der Waals surface area (Å²) in [4.78, 5) is 34.1. The van der Waals surface area contributed by atoms with Crippen molar-refractivity contribution in [1.82, 2.24) is 14.9 Å². The molecular formula is C17H17N3O2. The summed E-state index contributed by atoms with van der Waals surface area (Å²) < 4.78 is 0. The standard InChI is InChI=1S/C17H17N3O2/c1-20(2)7-5-12-10-19-16-14(21)8-13(17(22)15(12)16)11-4-3-6-18-9-11/h3-4,6,8-10,19H,5,7H2,1-2H3. The van der Waals surface area contributed by atoms with Crippen LogP contribution in [0, 0.1) is 0 Å². The van der Waals surface area contributed by atoms with Crippen LogP contribution in [0.25, 0.3) is 5.57 Å². The van der Waals surface area contributed by atoms with E-state index in [4.69, 9.17) is 0 Å². The van der Waals surface area contributed by atoms with Gasteiger partial charge in [-0.15, -0.1) is 0 Å². The number of pyridine rings is 1. The second kappa shape index (κ2) is 5.69. The van der Waals surface area contributed by atoms with Crippen LogP contribution in [0.1, 0.15) is 32.0 Å². The molecule has 2 aromatic heterocycles. The predicted molar refractivity (Wildman–Crippen MR) is 83.9 cm³/mol. The molecule has 0 aromatic carbocycles. The van der Waals surface area contributed by atoms with Gasteiger partial charge in [-0.2, -0.15) is 0 Å². The molecule has 0 aliphatic heterocycles. The van der Waals surface area contributed by atoms with Crippen molar-refractivity contribution in [3.8, 4) is 0 Å². The number of rotatable bonds is 4. The molecule has 0 spiro atoms. The number of likely N-dealkylation sites (N-methyl/N-ethyl adjacent to an activating group) is 1. The molecule has 112 valence electrons. The molecule has 0 radical (unpaired) electrons. The number of aromatic amines is 1. The molecule has 0 atom stereocenters. The fraction of sp³-hybridized carbons (Fsp3) is 0.235. The number of ketones is 2. The lowest BCUT2D eigenvalue weighted by atomic mass is 9.88. The topological polar surface area (TPSA) is 66.1 Å². The van der Waals surface area contributed by atoms with Crippen molar-refractivity contribution in [3.05, 3.63) is 59.2 Å². The first kappa shape index (κ1) is 14.4. The molecule has 0 unspecified atom stereocenters. The van der Waals surface area contributed by atoms with Crippen LogP contribution >= 0.6 is 0 Å². The van der Waals surface area contributed by atoms with E-state index in [1.807, 2.05) is 19.0 Å². The van der Waals surface area contributed by atoms with Crippen molar-refractivity contribution < 1.29 is 9.59 Å². The Bertz CT molecular complexity index is 757. The highest BCUT2D eigenvalue weighted by atomic mass is 16.1. The van der Waals surface area contributed by atoms with Gasteiger partial charge >= 0.3 is 0 Å². The molecule has 5 nitrogen and oxygen atoms in total. The van der Waals surface area contributed by atoms with Crippen LogP contribution in [0.15, 0.2) is 36.8 Å². The first-order chi connectivity index (χ1) is 10.6. The Morgan fingerprint density at radius 1 is 1.27 bits per heavy atom. The lowest BCUT2D eigenvalue weighted by Gasteiger charge is -2.14. The molecule has 1 aliphatic carbocycles. The Hall–Kier alpha value is -2.53. The Morgan fingerprint density at radius 3 is 2.77 bits per heavy atom. The number of carbonyl (C=O) groups excluding carboxylic acids is 2. The van der Waals surface area contributed by atoms with Gasteiger partial charge in [-0.3, -0.25) is 14.6 Å². The van der Waals surface area contributed by atoms with Crippen molar-refractivity contribution in [2.24, 2.45) is 0 Å². The minimum Gasteiger partial charge on any atom is -0.358 e. The third kappa shape index (κ3) is 2.51. The third-order valence-corrected chi connectivity index (χ3v) is 3.76. The number of hydrogen-bond acceptors (Lipinski definition) is 4. The minimum absolute atomic E-state index is 0.113. The maximum absolute atomic E-state index is 12.8. The molecule has 3 rings (SSSR count). The minimum atomic E-state index is -0.162. The molecule has 5 heteroatoms. The van der Waals surface area contributed by atoms with Crippen molar-refractivity contribution in [2.45, 2.75) is 6.42 Å². The summed E-state index contributed by atoms with van der Waals surface area (Å²) in [5.74, 6) is -0.276. The zero-order valence-corrected chi connectivity index (χ0v) is 12.6. The summed E-state index contributed by atoms with van der Waals surface area (Å²) in [5, 5.41) is 0. The van der Waals surface area contributed by atoms with Crippen LogP contribution in [-0.2, 0) is 6.42 Å². The van der Waals surface area contributed by atoms with E-state index in [2.05, 4.69) is 9.97 Å². The maximum Gasteiger partial charge on any atom is 0.203 e. The second-order valence-electron chi connectivity index (χ2n) is 5.61. The fourth-order valence-electron chi connectivity index (χ4n) is 2.60. The lowest BCUT2D eigenvalue weighted by Crippen LogP contribution is -2.19. The first-order valence-corrected chi connectivity index (χ1v) is 7.14. The highest BCUT2D eigenvalue weighted by Crippen LogP contribution is 2.29. The van der Waals surface area contributed by atoms with Gasteiger partial charge in [0.2, 0.25) is 5.78 Å². The molecule has 22 heavy (non-hydrogen) atoms. The van der Waals surface area contributed by atoms with Gasteiger partial charge in [-0.1, -0.05) is 6.07 Å². The number of nitrogens with zero attached hydrogens (tertiary/aromatic N) is 2. The van der Waals surface area contributed by atoms with Gasteiger partial charge in [-0.05, 0) is 38.2 Å². The van der Waals surface area contributed by atoms with Crippen molar-refractivity contribution in [2.75, 3.05) is 20.6 Å². The van der Waals surface area contributed by atoms with Crippen molar-refractivity contribution in [3.63, 3.8) is 0 Å². The van der Waals surface area contributed by atoms with E-state index in [9.17, 15) is 9.59 Å². The SMILES string of the molecule is CN(C)CCc1c[nH]c2c1C(=O)C(c1cccnc1)=CC2=O. The van der Waals surface area contributed by atoms with Gasteiger partial charge in [0, 0.05) is 36.3 Å². The highest BCUT2D eigenvalue weighted by Gasteiger charge is 2.30. The second-order valence-corrected chi connectivity index (χ2v) is 5.61. The summed E-state index contributed by atoms with van der Waals surface area (Å²) in [7, 11) is 3.96. The summed E-state index contributed by atoms with van der Waals surface area (Å²) in [6, 6.07) is 3.55. The fourth-order valence-corrected chi connectivity index (χ4v) is 2.60. The summed E-state index contributed by atoms with van der Waals surface area (Å²) in [6.07, 6.45) is 7.13. The normalized spacial score (nSPS) is 14.2. The molecule has 0 saturated carbocycles. The van der Waals surface area contributed by atoms with Crippen LogP contribution in [0.2, 0.25) is 0 Å². The molecule has 0 fully saturated rings. The molecule has 0 amide bonds. The average molecular weight is 295 g/mol. The number of H-pyrrole nitrogens is 1.